The van der Waals surface area contributed by atoms with Crippen LogP contribution in [0.2, 0.25) is 5.02 Å². The number of ketones is 1. The van der Waals surface area contributed by atoms with Crippen molar-refractivity contribution in [2.75, 3.05) is 5.32 Å². The molecule has 0 aliphatic heterocycles. The lowest BCUT2D eigenvalue weighted by atomic mass is 10.1. The predicted octanol–water partition coefficient (Wildman–Crippen LogP) is 3.66. The molecule has 0 spiro atoms. The van der Waals surface area contributed by atoms with Gasteiger partial charge in [-0.1, -0.05) is 29.8 Å². The van der Waals surface area contributed by atoms with Gasteiger partial charge in [-0.25, -0.2) is 0 Å². The van der Waals surface area contributed by atoms with E-state index in [2.05, 4.69) is 5.32 Å². The largest absolute Gasteiger partial charge is 0.452 e. The molecule has 0 saturated carbocycles. The smallest absolute Gasteiger partial charge is 0.311 e. The third-order valence-corrected chi connectivity index (χ3v) is 3.90. The molecule has 0 fully saturated rings. The van der Waals surface area contributed by atoms with Gasteiger partial charge in [0.05, 0.1) is 6.42 Å². The summed E-state index contributed by atoms with van der Waals surface area (Å²) in [7, 11) is 0. The summed E-state index contributed by atoms with van der Waals surface area (Å²) in [6.07, 6.45) is -0.965. The van der Waals surface area contributed by atoms with E-state index in [1.54, 1.807) is 48.5 Å². The Morgan fingerprint density at radius 2 is 1.72 bits per heavy atom. The van der Waals surface area contributed by atoms with E-state index >= 15 is 0 Å². The minimum Gasteiger partial charge on any atom is -0.452 e. The first-order valence-electron chi connectivity index (χ1n) is 7.71. The molecule has 0 radical (unpaired) electrons. The summed E-state index contributed by atoms with van der Waals surface area (Å²) in [5.41, 5.74) is 1.71. The van der Waals surface area contributed by atoms with E-state index in [-0.39, 0.29) is 12.2 Å². The monoisotopic (exact) mass is 359 g/mol. The van der Waals surface area contributed by atoms with E-state index in [9.17, 15) is 14.4 Å². The first kappa shape index (κ1) is 18.7. The molecule has 0 heterocycles. The Morgan fingerprint density at radius 3 is 2.32 bits per heavy atom. The van der Waals surface area contributed by atoms with Crippen LogP contribution in [0.15, 0.2) is 48.5 Å². The number of carbonyl (C=O) groups excluding carboxylic acids is 3. The molecule has 1 N–H and O–H groups in total. The molecule has 5 nitrogen and oxygen atoms in total. The summed E-state index contributed by atoms with van der Waals surface area (Å²) >= 11 is 6.00. The third-order valence-electron chi connectivity index (χ3n) is 3.53. The Labute approximate surface area is 150 Å². The Balaban J connectivity index is 1.90. The van der Waals surface area contributed by atoms with E-state index in [4.69, 9.17) is 16.3 Å². The number of carbonyl (C=O) groups is 3. The normalized spacial score (nSPS) is 11.5. The minimum absolute atomic E-state index is 0.00932. The molecule has 0 saturated heterocycles. The van der Waals surface area contributed by atoms with Crippen LogP contribution in [0.4, 0.5) is 5.69 Å². The van der Waals surface area contributed by atoms with Crippen LogP contribution in [0.3, 0.4) is 0 Å². The molecule has 130 valence electrons. The van der Waals surface area contributed by atoms with Crippen molar-refractivity contribution in [1.29, 1.82) is 0 Å². The van der Waals surface area contributed by atoms with Gasteiger partial charge in [-0.05, 0) is 49.7 Å². The lowest BCUT2D eigenvalue weighted by Gasteiger charge is -2.14. The average Bonchev–Trinajstić information content (AvgIpc) is 2.57. The predicted molar refractivity (Wildman–Crippen MR) is 95.8 cm³/mol. The zero-order valence-electron chi connectivity index (χ0n) is 13.9. The van der Waals surface area contributed by atoms with Crippen LogP contribution in [0.1, 0.15) is 29.8 Å². The van der Waals surface area contributed by atoms with Gasteiger partial charge in [0, 0.05) is 16.3 Å². The molecule has 0 unspecified atom stereocenters. The standard InChI is InChI=1S/C19H18ClNO4/c1-12(22)14-7-9-16(10-8-14)21-19(24)13(2)25-18(23)11-15-5-3-4-6-17(15)20/h3-10,13H,11H2,1-2H3,(H,21,24)/t13-/m0/s1. The second-order valence-corrected chi connectivity index (χ2v) is 5.93. The van der Waals surface area contributed by atoms with Crippen LogP contribution in [-0.4, -0.2) is 23.8 Å². The van der Waals surface area contributed by atoms with Crippen LogP contribution >= 0.6 is 11.6 Å². The number of halogens is 1. The first-order chi connectivity index (χ1) is 11.9. The highest BCUT2D eigenvalue weighted by atomic mass is 35.5. The van der Waals surface area contributed by atoms with Gasteiger partial charge in [0.2, 0.25) is 0 Å². The van der Waals surface area contributed by atoms with Gasteiger partial charge >= 0.3 is 5.97 Å². The first-order valence-corrected chi connectivity index (χ1v) is 8.09. The fourth-order valence-corrected chi connectivity index (χ4v) is 2.32. The molecular formula is C19H18ClNO4. The average molecular weight is 360 g/mol. The van der Waals surface area contributed by atoms with E-state index in [0.717, 1.165) is 0 Å². The molecule has 2 aromatic carbocycles. The van der Waals surface area contributed by atoms with Crippen molar-refractivity contribution in [1.82, 2.24) is 0 Å². The van der Waals surface area contributed by atoms with Gasteiger partial charge in [-0.2, -0.15) is 0 Å². The number of Topliss-reactive ketones (excluding diaryl/α,β-unsaturated/α-hetero) is 1. The number of rotatable bonds is 6. The molecule has 0 bridgehead atoms. The van der Waals surface area contributed by atoms with Crippen LogP contribution in [-0.2, 0) is 20.7 Å². The number of anilines is 1. The van der Waals surface area contributed by atoms with Gasteiger partial charge in [0.25, 0.3) is 5.91 Å². The van der Waals surface area contributed by atoms with Crippen molar-refractivity contribution < 1.29 is 19.1 Å². The summed E-state index contributed by atoms with van der Waals surface area (Å²) in [4.78, 5) is 35.3. The highest BCUT2D eigenvalue weighted by Gasteiger charge is 2.18. The summed E-state index contributed by atoms with van der Waals surface area (Å²) in [6, 6.07) is 13.4. The van der Waals surface area contributed by atoms with Crippen molar-refractivity contribution >= 4 is 34.9 Å². The molecule has 25 heavy (non-hydrogen) atoms. The fraction of sp³-hybridized carbons (Fsp3) is 0.211. The Bertz CT molecular complexity index is 786. The minimum atomic E-state index is -0.956. The zero-order valence-corrected chi connectivity index (χ0v) is 14.7. The van der Waals surface area contributed by atoms with Crippen molar-refractivity contribution in [3.8, 4) is 0 Å². The number of ether oxygens (including phenoxy) is 1. The third kappa shape index (κ3) is 5.43. The summed E-state index contributed by atoms with van der Waals surface area (Å²) in [6.45, 7) is 2.96. The second-order valence-electron chi connectivity index (χ2n) is 5.52. The maximum Gasteiger partial charge on any atom is 0.311 e. The van der Waals surface area contributed by atoms with E-state index in [1.165, 1.54) is 13.8 Å². The van der Waals surface area contributed by atoms with Crippen molar-refractivity contribution in [2.24, 2.45) is 0 Å². The molecular weight excluding hydrogens is 342 g/mol. The van der Waals surface area contributed by atoms with E-state index in [0.29, 0.717) is 21.8 Å². The fourth-order valence-electron chi connectivity index (χ4n) is 2.12. The lowest BCUT2D eigenvalue weighted by Crippen LogP contribution is -2.30. The molecule has 0 aliphatic rings. The van der Waals surface area contributed by atoms with Crippen LogP contribution in [0, 0.1) is 0 Å². The number of hydrogen-bond acceptors (Lipinski definition) is 4. The van der Waals surface area contributed by atoms with E-state index < -0.39 is 18.0 Å². The van der Waals surface area contributed by atoms with Crippen molar-refractivity contribution in [2.45, 2.75) is 26.4 Å². The SMILES string of the molecule is CC(=O)c1ccc(NC(=O)[C@H](C)OC(=O)Cc2ccccc2Cl)cc1. The van der Waals surface area contributed by atoms with Crippen molar-refractivity contribution in [3.05, 3.63) is 64.7 Å². The highest BCUT2D eigenvalue weighted by Crippen LogP contribution is 2.16. The zero-order chi connectivity index (χ0) is 18.4. The van der Waals surface area contributed by atoms with Gasteiger partial charge in [-0.3, -0.25) is 14.4 Å². The summed E-state index contributed by atoms with van der Waals surface area (Å²) in [5, 5.41) is 3.11. The Hall–Kier alpha value is -2.66. The molecule has 0 aromatic heterocycles. The molecule has 6 heteroatoms. The number of amides is 1. The maximum atomic E-state index is 12.1. The Morgan fingerprint density at radius 1 is 1.08 bits per heavy atom. The van der Waals surface area contributed by atoms with E-state index in [1.807, 2.05) is 0 Å². The second kappa shape index (κ2) is 8.44. The molecule has 0 aliphatic carbocycles. The van der Waals surface area contributed by atoms with Gasteiger partial charge < -0.3 is 10.1 Å². The highest BCUT2D eigenvalue weighted by molar-refractivity contribution is 6.31. The molecule has 1 atom stereocenters. The van der Waals surface area contributed by atoms with Crippen LogP contribution in [0.25, 0.3) is 0 Å². The Kier molecular flexibility index (Phi) is 6.31. The molecule has 1 amide bonds. The quantitative estimate of drug-likeness (QED) is 0.631. The van der Waals surface area contributed by atoms with Gasteiger partial charge in [0.15, 0.2) is 11.9 Å². The van der Waals surface area contributed by atoms with Crippen LogP contribution in [0.5, 0.6) is 0 Å². The maximum absolute atomic E-state index is 12.1. The topological polar surface area (TPSA) is 72.5 Å². The number of esters is 1. The summed E-state index contributed by atoms with van der Waals surface area (Å²) in [5.74, 6) is -1.05. The van der Waals surface area contributed by atoms with Gasteiger partial charge in [0.1, 0.15) is 0 Å². The number of hydrogen-bond donors (Lipinski definition) is 1. The number of benzene rings is 2. The summed E-state index contributed by atoms with van der Waals surface area (Å²) < 4.78 is 5.14. The van der Waals surface area contributed by atoms with Crippen molar-refractivity contribution in [3.63, 3.8) is 0 Å². The number of nitrogens with one attached hydrogen (secondary N) is 1. The lowest BCUT2D eigenvalue weighted by molar-refractivity contribution is -0.152. The van der Waals surface area contributed by atoms with Gasteiger partial charge in [-0.15, -0.1) is 0 Å². The van der Waals surface area contributed by atoms with Crippen LogP contribution < -0.4 is 5.32 Å². The molecule has 2 aromatic rings. The molecule has 2 rings (SSSR count).